The van der Waals surface area contributed by atoms with Gasteiger partial charge in [-0.1, -0.05) is 0 Å². The van der Waals surface area contributed by atoms with Crippen molar-refractivity contribution in [1.29, 1.82) is 0 Å². The largest absolute Gasteiger partial charge is 0.474 e. The summed E-state index contributed by atoms with van der Waals surface area (Å²) in [6.45, 7) is 7.31. The van der Waals surface area contributed by atoms with E-state index in [0.717, 1.165) is 12.3 Å². The smallest absolute Gasteiger partial charge is 0.417 e. The zero-order valence-corrected chi connectivity index (χ0v) is 18.7. The number of hydrogen-bond donors (Lipinski definition) is 1. The fourth-order valence-electron chi connectivity index (χ4n) is 3.90. The number of aryl methyl sites for hydroxylation is 1. The minimum atomic E-state index is -4.44. The van der Waals surface area contributed by atoms with Crippen LogP contribution in [-0.4, -0.2) is 35.3 Å². The third-order valence-corrected chi connectivity index (χ3v) is 7.14. The van der Waals surface area contributed by atoms with E-state index < -0.39 is 21.8 Å². The summed E-state index contributed by atoms with van der Waals surface area (Å²) >= 11 is 0. The van der Waals surface area contributed by atoms with Crippen LogP contribution in [0.3, 0.4) is 0 Å². The minimum Gasteiger partial charge on any atom is -0.474 e. The van der Waals surface area contributed by atoms with Crippen molar-refractivity contribution in [3.05, 3.63) is 35.3 Å². The van der Waals surface area contributed by atoms with Crippen LogP contribution >= 0.6 is 0 Å². The number of sulfonamides is 1. The molecule has 2 aromatic rings. The molecule has 0 atom stereocenters. The Morgan fingerprint density at radius 3 is 2.29 bits per heavy atom. The maximum Gasteiger partial charge on any atom is 0.417 e. The van der Waals surface area contributed by atoms with E-state index in [2.05, 4.69) is 14.8 Å². The third kappa shape index (κ3) is 5.38. The average molecular weight is 461 g/mol. The Balaban J connectivity index is 1.59. The normalized spacial score (nSPS) is 20.3. The molecule has 11 heteroatoms. The highest BCUT2D eigenvalue weighted by molar-refractivity contribution is 7.89. The molecule has 1 aliphatic rings. The van der Waals surface area contributed by atoms with E-state index in [1.54, 1.807) is 18.5 Å². The molecule has 31 heavy (non-hydrogen) atoms. The molecule has 3 rings (SSSR count). The maximum absolute atomic E-state index is 13.0. The predicted molar refractivity (Wildman–Crippen MR) is 108 cm³/mol. The zero-order valence-electron chi connectivity index (χ0n) is 17.9. The molecule has 0 saturated heterocycles. The van der Waals surface area contributed by atoms with Crippen molar-refractivity contribution < 1.29 is 26.3 Å². The third-order valence-electron chi connectivity index (χ3n) is 5.36. The highest BCUT2D eigenvalue weighted by Crippen LogP contribution is 2.30. The van der Waals surface area contributed by atoms with Gasteiger partial charge in [-0.3, -0.25) is 4.68 Å². The highest BCUT2D eigenvalue weighted by Gasteiger charge is 2.32. The number of ether oxygens (including phenoxy) is 1. The number of alkyl halides is 3. The van der Waals surface area contributed by atoms with Crippen molar-refractivity contribution in [2.75, 3.05) is 0 Å². The summed E-state index contributed by atoms with van der Waals surface area (Å²) < 4.78 is 74.0. The van der Waals surface area contributed by atoms with E-state index in [1.807, 2.05) is 13.8 Å². The minimum absolute atomic E-state index is 0.0500. The van der Waals surface area contributed by atoms with Crippen molar-refractivity contribution in [3.8, 4) is 5.88 Å². The van der Waals surface area contributed by atoms with E-state index in [4.69, 9.17) is 4.74 Å². The second-order valence-electron chi connectivity index (χ2n) is 8.13. The molecule has 0 radical (unpaired) electrons. The lowest BCUT2D eigenvalue weighted by Crippen LogP contribution is -2.40. The van der Waals surface area contributed by atoms with Gasteiger partial charge in [0.2, 0.25) is 15.9 Å². The summed E-state index contributed by atoms with van der Waals surface area (Å²) in [6, 6.07) is 1.94. The number of aromatic nitrogens is 3. The molecule has 0 bridgehead atoms. The second-order valence-corrected chi connectivity index (χ2v) is 9.78. The molecule has 1 saturated carbocycles. The lowest BCUT2D eigenvalue weighted by molar-refractivity contribution is -0.137. The molecular weight excluding hydrogens is 433 g/mol. The van der Waals surface area contributed by atoms with Gasteiger partial charge in [-0.15, -0.1) is 0 Å². The first kappa shape index (κ1) is 23.5. The number of rotatable bonds is 6. The van der Waals surface area contributed by atoms with Crippen LogP contribution in [-0.2, 0) is 16.2 Å². The van der Waals surface area contributed by atoms with Crippen LogP contribution in [0.25, 0.3) is 0 Å². The number of halogens is 3. The van der Waals surface area contributed by atoms with Gasteiger partial charge in [0.15, 0.2) is 0 Å². The van der Waals surface area contributed by atoms with Crippen LogP contribution in [0.15, 0.2) is 23.2 Å². The highest BCUT2D eigenvalue weighted by atomic mass is 32.2. The fraction of sp³-hybridized carbons (Fsp3) is 0.600. The van der Waals surface area contributed by atoms with Crippen molar-refractivity contribution in [2.45, 2.75) is 82.6 Å². The van der Waals surface area contributed by atoms with Crippen LogP contribution in [0, 0.1) is 13.8 Å². The van der Waals surface area contributed by atoms with Gasteiger partial charge in [0.25, 0.3) is 0 Å². The maximum atomic E-state index is 13.0. The first-order valence-electron chi connectivity index (χ1n) is 10.2. The quantitative estimate of drug-likeness (QED) is 0.700. The molecule has 2 aromatic heterocycles. The number of pyridine rings is 1. The summed E-state index contributed by atoms with van der Waals surface area (Å²) in [6.07, 6.45) is -1.67. The van der Waals surface area contributed by atoms with Crippen molar-refractivity contribution in [3.63, 3.8) is 0 Å². The Bertz CT molecular complexity index is 1010. The van der Waals surface area contributed by atoms with Crippen LogP contribution < -0.4 is 9.46 Å². The van der Waals surface area contributed by atoms with Crippen molar-refractivity contribution in [2.24, 2.45) is 0 Å². The summed E-state index contributed by atoms with van der Waals surface area (Å²) in [5.74, 6) is 0.129. The molecule has 0 amide bonds. The van der Waals surface area contributed by atoms with Crippen LogP contribution in [0.5, 0.6) is 5.88 Å². The lowest BCUT2D eigenvalue weighted by Gasteiger charge is -2.29. The monoisotopic (exact) mass is 460 g/mol. The Hall–Kier alpha value is -2.14. The van der Waals surface area contributed by atoms with Gasteiger partial charge in [0.05, 0.1) is 17.0 Å². The SMILES string of the molecule is Cc1nn(C(C)C)c(C)c1S(=O)(=O)NC1CCC(Oc2ccc(C(F)(F)F)cn2)CC1. The van der Waals surface area contributed by atoms with E-state index in [-0.39, 0.29) is 29.0 Å². The first-order valence-corrected chi connectivity index (χ1v) is 11.6. The Morgan fingerprint density at radius 1 is 1.16 bits per heavy atom. The molecule has 1 fully saturated rings. The van der Waals surface area contributed by atoms with Crippen LogP contribution in [0.2, 0.25) is 0 Å². The van der Waals surface area contributed by atoms with Crippen LogP contribution in [0.4, 0.5) is 13.2 Å². The molecule has 0 spiro atoms. The van der Waals surface area contributed by atoms with Crippen molar-refractivity contribution in [1.82, 2.24) is 19.5 Å². The summed E-state index contributed by atoms with van der Waals surface area (Å²) in [7, 11) is -3.72. The molecule has 0 aromatic carbocycles. The number of nitrogens with one attached hydrogen (secondary N) is 1. The molecule has 1 N–H and O–H groups in total. The molecule has 0 unspecified atom stereocenters. The van der Waals surface area contributed by atoms with E-state index in [1.165, 1.54) is 6.07 Å². The van der Waals surface area contributed by atoms with Gasteiger partial charge in [-0.05, 0) is 59.4 Å². The average Bonchev–Trinajstić information content (AvgIpc) is 2.98. The van der Waals surface area contributed by atoms with Gasteiger partial charge in [0.1, 0.15) is 11.0 Å². The van der Waals surface area contributed by atoms with Gasteiger partial charge in [-0.2, -0.15) is 18.3 Å². The summed E-state index contributed by atoms with van der Waals surface area (Å²) in [5.41, 5.74) is 0.235. The number of nitrogens with zero attached hydrogens (tertiary/aromatic N) is 3. The zero-order chi connectivity index (χ0) is 23.0. The molecule has 7 nitrogen and oxygen atoms in total. The molecular formula is C20H27F3N4O3S. The van der Waals surface area contributed by atoms with Gasteiger partial charge < -0.3 is 4.74 Å². The summed E-state index contributed by atoms with van der Waals surface area (Å²) in [4.78, 5) is 3.95. The van der Waals surface area contributed by atoms with Crippen LogP contribution in [0.1, 0.15) is 62.5 Å². The van der Waals surface area contributed by atoms with E-state index in [0.29, 0.717) is 37.1 Å². The summed E-state index contributed by atoms with van der Waals surface area (Å²) in [5, 5.41) is 4.35. The lowest BCUT2D eigenvalue weighted by atomic mass is 9.94. The predicted octanol–water partition coefficient (Wildman–Crippen LogP) is 4.16. The molecule has 2 heterocycles. The first-order chi connectivity index (χ1) is 14.4. The van der Waals surface area contributed by atoms with Gasteiger partial charge in [0, 0.05) is 24.3 Å². The van der Waals surface area contributed by atoms with E-state index >= 15 is 0 Å². The molecule has 1 aliphatic carbocycles. The Kier molecular flexibility index (Phi) is 6.66. The van der Waals surface area contributed by atoms with Gasteiger partial charge in [-0.25, -0.2) is 18.1 Å². The molecule has 0 aliphatic heterocycles. The molecule has 172 valence electrons. The standard InChI is InChI=1S/C20H27F3N4O3S/c1-12(2)27-14(4)19(13(3)25-27)31(28,29)26-16-6-8-17(9-7-16)30-18-10-5-15(11-24-18)20(21,22)23/h5,10-12,16-17,26H,6-9H2,1-4H3. The van der Waals surface area contributed by atoms with Gasteiger partial charge >= 0.3 is 6.18 Å². The topological polar surface area (TPSA) is 86.1 Å². The Labute approximate surface area is 180 Å². The van der Waals surface area contributed by atoms with E-state index in [9.17, 15) is 21.6 Å². The van der Waals surface area contributed by atoms with Crippen molar-refractivity contribution >= 4 is 10.0 Å². The number of hydrogen-bond acceptors (Lipinski definition) is 5. The second kappa shape index (κ2) is 8.78. The fourth-order valence-corrected chi connectivity index (χ4v) is 5.61. The Morgan fingerprint density at radius 2 is 1.81 bits per heavy atom.